The number of nitrogens with two attached hydrogens (primary N) is 1. The average Bonchev–Trinajstić information content (AvgIpc) is 2.78. The van der Waals surface area contributed by atoms with Crippen molar-refractivity contribution in [1.82, 2.24) is 9.97 Å². The lowest BCUT2D eigenvalue weighted by Gasteiger charge is -2.27. The third kappa shape index (κ3) is 2.63. The Balaban J connectivity index is 1.98. The van der Waals surface area contributed by atoms with Gasteiger partial charge in [-0.3, -0.25) is 0 Å². The van der Waals surface area contributed by atoms with Gasteiger partial charge < -0.3 is 11.1 Å². The van der Waals surface area contributed by atoms with Crippen LogP contribution in [0.4, 0.5) is 5.82 Å². The van der Waals surface area contributed by atoms with Crippen LogP contribution in [0, 0.1) is 8.99 Å². The van der Waals surface area contributed by atoms with Gasteiger partial charge in [0.15, 0.2) is 0 Å². The predicted molar refractivity (Wildman–Crippen MR) is 73.2 cm³/mol. The topological polar surface area (TPSA) is 63.8 Å². The molecule has 0 amide bonds. The Kier molecular flexibility index (Phi) is 3.96. The van der Waals surface area contributed by atoms with E-state index in [4.69, 9.17) is 5.73 Å². The fourth-order valence-electron chi connectivity index (χ4n) is 2.29. The number of rotatable bonds is 4. The SMILES string of the molecule is NCC1(CNc2ncncc2I)CCCC1. The molecule has 1 fully saturated rings. The highest BCUT2D eigenvalue weighted by Crippen LogP contribution is 2.37. The second-order valence-electron chi connectivity index (χ2n) is 4.48. The van der Waals surface area contributed by atoms with Crippen LogP contribution in [-0.4, -0.2) is 23.1 Å². The van der Waals surface area contributed by atoms with Crippen molar-refractivity contribution >= 4 is 28.4 Å². The van der Waals surface area contributed by atoms with Gasteiger partial charge in [0.1, 0.15) is 12.1 Å². The van der Waals surface area contributed by atoms with E-state index >= 15 is 0 Å². The van der Waals surface area contributed by atoms with Gasteiger partial charge in [0.25, 0.3) is 0 Å². The van der Waals surface area contributed by atoms with E-state index in [1.807, 2.05) is 6.20 Å². The van der Waals surface area contributed by atoms with Gasteiger partial charge in [-0.05, 0) is 47.4 Å². The molecular weight excluding hydrogens is 315 g/mol. The van der Waals surface area contributed by atoms with E-state index in [-0.39, 0.29) is 5.41 Å². The molecule has 0 aromatic carbocycles. The molecule has 0 spiro atoms. The Hall–Kier alpha value is -0.430. The second kappa shape index (κ2) is 5.27. The molecule has 0 atom stereocenters. The fraction of sp³-hybridized carbons (Fsp3) is 0.636. The molecule has 1 aliphatic carbocycles. The maximum Gasteiger partial charge on any atom is 0.142 e. The highest BCUT2D eigenvalue weighted by molar-refractivity contribution is 14.1. The van der Waals surface area contributed by atoms with E-state index in [9.17, 15) is 0 Å². The van der Waals surface area contributed by atoms with Crippen LogP contribution in [0.15, 0.2) is 12.5 Å². The van der Waals surface area contributed by atoms with E-state index in [0.717, 1.165) is 22.5 Å². The first-order chi connectivity index (χ1) is 7.76. The van der Waals surface area contributed by atoms with Crippen molar-refractivity contribution in [3.63, 3.8) is 0 Å². The molecule has 0 saturated heterocycles. The third-order valence-corrected chi connectivity index (χ3v) is 4.19. The van der Waals surface area contributed by atoms with Crippen molar-refractivity contribution in [2.75, 3.05) is 18.4 Å². The molecule has 0 radical (unpaired) electrons. The molecule has 1 aliphatic rings. The van der Waals surface area contributed by atoms with Gasteiger partial charge in [-0.15, -0.1) is 0 Å². The van der Waals surface area contributed by atoms with Crippen LogP contribution in [0.1, 0.15) is 25.7 Å². The summed E-state index contributed by atoms with van der Waals surface area (Å²) in [6.07, 6.45) is 8.48. The smallest absolute Gasteiger partial charge is 0.142 e. The normalized spacial score (nSPS) is 18.6. The maximum atomic E-state index is 5.90. The average molecular weight is 332 g/mol. The Morgan fingerprint density at radius 3 is 2.81 bits per heavy atom. The standard InChI is InChI=1S/C11H17IN4/c12-9-5-14-8-16-10(9)15-7-11(6-13)3-1-2-4-11/h5,8H,1-4,6-7,13H2,(H,14,15,16). The zero-order chi connectivity index (χ0) is 11.4. The summed E-state index contributed by atoms with van der Waals surface area (Å²) in [4.78, 5) is 8.21. The Morgan fingerprint density at radius 2 is 2.19 bits per heavy atom. The van der Waals surface area contributed by atoms with Crippen molar-refractivity contribution in [1.29, 1.82) is 0 Å². The van der Waals surface area contributed by atoms with Crippen LogP contribution >= 0.6 is 22.6 Å². The Bertz CT molecular complexity index is 350. The number of nitrogens with one attached hydrogen (secondary N) is 1. The molecule has 4 nitrogen and oxygen atoms in total. The molecule has 0 aliphatic heterocycles. The highest BCUT2D eigenvalue weighted by atomic mass is 127. The lowest BCUT2D eigenvalue weighted by Crippen LogP contribution is -2.35. The number of hydrogen-bond acceptors (Lipinski definition) is 4. The van der Waals surface area contributed by atoms with Gasteiger partial charge in [-0.1, -0.05) is 12.8 Å². The fourth-order valence-corrected chi connectivity index (χ4v) is 2.78. The number of anilines is 1. The first-order valence-corrected chi connectivity index (χ1v) is 6.73. The van der Waals surface area contributed by atoms with Gasteiger partial charge in [-0.2, -0.15) is 0 Å². The van der Waals surface area contributed by atoms with Crippen LogP contribution in [0.2, 0.25) is 0 Å². The lowest BCUT2D eigenvalue weighted by molar-refractivity contribution is 0.332. The van der Waals surface area contributed by atoms with E-state index in [1.54, 1.807) is 6.33 Å². The van der Waals surface area contributed by atoms with Gasteiger partial charge >= 0.3 is 0 Å². The van der Waals surface area contributed by atoms with E-state index in [1.165, 1.54) is 25.7 Å². The van der Waals surface area contributed by atoms with Gasteiger partial charge in [0.2, 0.25) is 0 Å². The monoisotopic (exact) mass is 332 g/mol. The lowest BCUT2D eigenvalue weighted by atomic mass is 9.86. The summed E-state index contributed by atoms with van der Waals surface area (Å²) < 4.78 is 1.06. The predicted octanol–water partition coefficient (Wildman–Crippen LogP) is 2.01. The zero-order valence-corrected chi connectivity index (χ0v) is 11.4. The number of halogens is 1. The largest absolute Gasteiger partial charge is 0.368 e. The first-order valence-electron chi connectivity index (χ1n) is 5.65. The molecule has 1 aromatic heterocycles. The molecule has 1 saturated carbocycles. The van der Waals surface area contributed by atoms with Crippen LogP contribution in [0.25, 0.3) is 0 Å². The minimum atomic E-state index is 0.286. The van der Waals surface area contributed by atoms with Crippen LogP contribution < -0.4 is 11.1 Å². The Labute approximate surface area is 110 Å². The molecule has 88 valence electrons. The molecule has 3 N–H and O–H groups in total. The molecule has 0 unspecified atom stereocenters. The van der Waals surface area contributed by atoms with Crippen LogP contribution in [0.5, 0.6) is 0 Å². The minimum absolute atomic E-state index is 0.286. The Morgan fingerprint density at radius 1 is 1.44 bits per heavy atom. The van der Waals surface area contributed by atoms with Gasteiger partial charge in [0, 0.05) is 12.7 Å². The van der Waals surface area contributed by atoms with Gasteiger partial charge in [-0.25, -0.2) is 9.97 Å². The summed E-state index contributed by atoms with van der Waals surface area (Å²) in [5.41, 5.74) is 6.18. The summed E-state index contributed by atoms with van der Waals surface area (Å²) in [6, 6.07) is 0. The van der Waals surface area contributed by atoms with Crippen molar-refractivity contribution < 1.29 is 0 Å². The number of nitrogens with zero attached hydrogens (tertiary/aromatic N) is 2. The van der Waals surface area contributed by atoms with Crippen molar-refractivity contribution in [2.24, 2.45) is 11.1 Å². The maximum absolute atomic E-state index is 5.90. The summed E-state index contributed by atoms with van der Waals surface area (Å²) in [6.45, 7) is 1.69. The van der Waals surface area contributed by atoms with Crippen molar-refractivity contribution in [2.45, 2.75) is 25.7 Å². The van der Waals surface area contributed by atoms with Crippen molar-refractivity contribution in [3.8, 4) is 0 Å². The third-order valence-electron chi connectivity index (χ3n) is 3.40. The van der Waals surface area contributed by atoms with Crippen molar-refractivity contribution in [3.05, 3.63) is 16.1 Å². The molecule has 5 heteroatoms. The van der Waals surface area contributed by atoms with Crippen LogP contribution in [0.3, 0.4) is 0 Å². The van der Waals surface area contributed by atoms with Gasteiger partial charge in [0.05, 0.1) is 3.57 Å². The highest BCUT2D eigenvalue weighted by Gasteiger charge is 2.32. The minimum Gasteiger partial charge on any atom is -0.368 e. The first kappa shape index (κ1) is 12.0. The number of aromatic nitrogens is 2. The summed E-state index contributed by atoms with van der Waals surface area (Å²) in [7, 11) is 0. The van der Waals surface area contributed by atoms with E-state index in [2.05, 4.69) is 37.9 Å². The molecule has 0 bridgehead atoms. The summed E-state index contributed by atoms with van der Waals surface area (Å²) in [5, 5.41) is 3.41. The summed E-state index contributed by atoms with van der Waals surface area (Å²) >= 11 is 2.25. The number of hydrogen-bond donors (Lipinski definition) is 2. The van der Waals surface area contributed by atoms with E-state index < -0.39 is 0 Å². The second-order valence-corrected chi connectivity index (χ2v) is 5.65. The van der Waals surface area contributed by atoms with E-state index in [0.29, 0.717) is 0 Å². The quantitative estimate of drug-likeness (QED) is 0.828. The molecule has 2 rings (SSSR count). The summed E-state index contributed by atoms with van der Waals surface area (Å²) in [5.74, 6) is 0.926. The molecule has 1 heterocycles. The van der Waals surface area contributed by atoms with Crippen LogP contribution in [-0.2, 0) is 0 Å². The molecule has 16 heavy (non-hydrogen) atoms. The molecular formula is C11H17IN4. The zero-order valence-electron chi connectivity index (χ0n) is 9.25. The molecule has 1 aromatic rings.